The van der Waals surface area contributed by atoms with Gasteiger partial charge >= 0.3 is 0 Å². The Balaban J connectivity index is 2.73. The van der Waals surface area contributed by atoms with Crippen molar-refractivity contribution >= 4 is 18.7 Å². The summed E-state index contributed by atoms with van der Waals surface area (Å²) in [6.07, 6.45) is 5.00. The highest BCUT2D eigenvalue weighted by Gasteiger charge is 1.94. The largest absolute Gasteiger partial charge is 0.508 e. The standard InChI is InChI=1S/C11H14OS/c1-9-5-6-10(8-11(9)12)4-2-3-7-13/h2,4-6,8,12-13H,3,7H2,1H3. The zero-order chi connectivity index (χ0) is 9.68. The number of phenols is 1. The van der Waals surface area contributed by atoms with Gasteiger partial charge < -0.3 is 5.11 Å². The van der Waals surface area contributed by atoms with E-state index in [1.165, 1.54) is 0 Å². The normalized spacial score (nSPS) is 10.9. The maximum Gasteiger partial charge on any atom is 0.119 e. The van der Waals surface area contributed by atoms with E-state index in [1.54, 1.807) is 6.07 Å². The molecule has 0 heterocycles. The molecule has 0 unspecified atom stereocenters. The van der Waals surface area contributed by atoms with Gasteiger partial charge in [-0.15, -0.1) is 0 Å². The summed E-state index contributed by atoms with van der Waals surface area (Å²) in [5.74, 6) is 1.21. The summed E-state index contributed by atoms with van der Waals surface area (Å²) >= 11 is 4.10. The molecule has 1 aromatic rings. The second kappa shape index (κ2) is 4.97. The van der Waals surface area contributed by atoms with Gasteiger partial charge in [-0.25, -0.2) is 0 Å². The van der Waals surface area contributed by atoms with Gasteiger partial charge in [0.2, 0.25) is 0 Å². The van der Waals surface area contributed by atoms with Gasteiger partial charge in [-0.1, -0.05) is 24.3 Å². The van der Waals surface area contributed by atoms with E-state index in [9.17, 15) is 5.11 Å². The first kappa shape index (κ1) is 10.2. The van der Waals surface area contributed by atoms with Crippen LogP contribution in [0.25, 0.3) is 6.08 Å². The zero-order valence-electron chi connectivity index (χ0n) is 7.70. The molecule has 0 saturated heterocycles. The number of hydrogen-bond acceptors (Lipinski definition) is 2. The van der Waals surface area contributed by atoms with Crippen LogP contribution in [0.3, 0.4) is 0 Å². The summed E-state index contributed by atoms with van der Waals surface area (Å²) in [5, 5.41) is 9.41. The summed E-state index contributed by atoms with van der Waals surface area (Å²) in [7, 11) is 0. The van der Waals surface area contributed by atoms with Crippen LogP contribution in [-0.2, 0) is 0 Å². The quantitative estimate of drug-likeness (QED) is 0.709. The number of allylic oxidation sites excluding steroid dienone is 1. The Labute approximate surface area is 84.5 Å². The van der Waals surface area contributed by atoms with Crippen molar-refractivity contribution in [3.63, 3.8) is 0 Å². The molecule has 0 atom stereocenters. The fourth-order valence-electron chi connectivity index (χ4n) is 1.02. The van der Waals surface area contributed by atoms with Crippen molar-refractivity contribution in [2.24, 2.45) is 0 Å². The average Bonchev–Trinajstić information content (AvgIpc) is 2.12. The molecule has 0 spiro atoms. The van der Waals surface area contributed by atoms with Gasteiger partial charge in [-0.05, 0) is 36.3 Å². The van der Waals surface area contributed by atoms with E-state index >= 15 is 0 Å². The summed E-state index contributed by atoms with van der Waals surface area (Å²) < 4.78 is 0. The predicted octanol–water partition coefficient (Wildman–Crippen LogP) is 3.03. The van der Waals surface area contributed by atoms with Crippen LogP contribution in [0.15, 0.2) is 24.3 Å². The fraction of sp³-hybridized carbons (Fsp3) is 0.273. The molecule has 0 aromatic heterocycles. The van der Waals surface area contributed by atoms with E-state index in [1.807, 2.05) is 25.1 Å². The molecule has 0 bridgehead atoms. The Bertz CT molecular complexity index is 305. The number of aryl methyl sites for hydroxylation is 1. The Hall–Kier alpha value is -0.890. The lowest BCUT2D eigenvalue weighted by atomic mass is 10.1. The number of hydrogen-bond donors (Lipinski definition) is 2. The highest BCUT2D eigenvalue weighted by atomic mass is 32.1. The van der Waals surface area contributed by atoms with E-state index in [-0.39, 0.29) is 0 Å². The highest BCUT2D eigenvalue weighted by molar-refractivity contribution is 7.80. The molecule has 1 nitrogen and oxygen atoms in total. The summed E-state index contributed by atoms with van der Waals surface area (Å²) in [6.45, 7) is 1.89. The van der Waals surface area contributed by atoms with Crippen molar-refractivity contribution < 1.29 is 5.11 Å². The Kier molecular flexibility index (Phi) is 3.90. The smallest absolute Gasteiger partial charge is 0.119 e. The van der Waals surface area contributed by atoms with Crippen LogP contribution in [-0.4, -0.2) is 10.9 Å². The van der Waals surface area contributed by atoms with E-state index < -0.39 is 0 Å². The number of benzene rings is 1. The van der Waals surface area contributed by atoms with Crippen molar-refractivity contribution in [3.8, 4) is 5.75 Å². The maximum atomic E-state index is 9.41. The van der Waals surface area contributed by atoms with Crippen molar-refractivity contribution in [1.82, 2.24) is 0 Å². The first-order valence-electron chi connectivity index (χ1n) is 4.31. The molecular formula is C11H14OS. The third-order valence-electron chi connectivity index (χ3n) is 1.84. The Morgan fingerprint density at radius 2 is 2.23 bits per heavy atom. The lowest BCUT2D eigenvalue weighted by Gasteiger charge is -1.99. The molecule has 1 rings (SSSR count). The molecule has 13 heavy (non-hydrogen) atoms. The summed E-state index contributed by atoms with van der Waals surface area (Å²) in [5.41, 5.74) is 1.94. The molecule has 0 fully saturated rings. The molecular weight excluding hydrogens is 180 g/mol. The molecule has 0 aliphatic rings. The van der Waals surface area contributed by atoms with Crippen molar-refractivity contribution in [3.05, 3.63) is 35.4 Å². The van der Waals surface area contributed by atoms with Gasteiger partial charge in [0, 0.05) is 0 Å². The van der Waals surface area contributed by atoms with Crippen LogP contribution in [0.1, 0.15) is 17.5 Å². The zero-order valence-corrected chi connectivity index (χ0v) is 8.59. The van der Waals surface area contributed by atoms with Crippen molar-refractivity contribution in [1.29, 1.82) is 0 Å². The molecule has 0 radical (unpaired) electrons. The average molecular weight is 194 g/mol. The molecule has 1 aromatic carbocycles. The molecule has 70 valence electrons. The number of aromatic hydroxyl groups is 1. The van der Waals surface area contributed by atoms with Crippen LogP contribution in [0.4, 0.5) is 0 Å². The van der Waals surface area contributed by atoms with Crippen LogP contribution in [0.5, 0.6) is 5.75 Å². The molecule has 1 N–H and O–H groups in total. The minimum Gasteiger partial charge on any atom is -0.508 e. The van der Waals surface area contributed by atoms with E-state index in [0.29, 0.717) is 5.75 Å². The molecule has 0 saturated carbocycles. The first-order valence-corrected chi connectivity index (χ1v) is 4.94. The van der Waals surface area contributed by atoms with Crippen LogP contribution >= 0.6 is 12.6 Å². The highest BCUT2D eigenvalue weighted by Crippen LogP contribution is 2.18. The van der Waals surface area contributed by atoms with E-state index in [0.717, 1.165) is 23.3 Å². The van der Waals surface area contributed by atoms with Crippen LogP contribution < -0.4 is 0 Å². The lowest BCUT2D eigenvalue weighted by Crippen LogP contribution is -1.77. The van der Waals surface area contributed by atoms with E-state index in [4.69, 9.17) is 0 Å². The first-order chi connectivity index (χ1) is 6.24. The second-order valence-electron chi connectivity index (χ2n) is 2.96. The predicted molar refractivity (Wildman–Crippen MR) is 60.3 cm³/mol. The van der Waals surface area contributed by atoms with Crippen molar-refractivity contribution in [2.75, 3.05) is 5.75 Å². The third-order valence-corrected chi connectivity index (χ3v) is 2.10. The molecule has 0 aliphatic carbocycles. The van der Waals surface area contributed by atoms with Gasteiger partial charge in [-0.3, -0.25) is 0 Å². The third kappa shape index (κ3) is 3.15. The summed E-state index contributed by atoms with van der Waals surface area (Å²) in [6, 6.07) is 5.67. The monoisotopic (exact) mass is 194 g/mol. The molecule has 0 aliphatic heterocycles. The van der Waals surface area contributed by atoms with Gasteiger partial charge in [0.05, 0.1) is 0 Å². The lowest BCUT2D eigenvalue weighted by molar-refractivity contribution is 0.471. The minimum atomic E-state index is 0.355. The Morgan fingerprint density at radius 3 is 2.85 bits per heavy atom. The summed E-state index contributed by atoms with van der Waals surface area (Å²) in [4.78, 5) is 0. The van der Waals surface area contributed by atoms with Crippen LogP contribution in [0.2, 0.25) is 0 Å². The fourth-order valence-corrected chi connectivity index (χ4v) is 1.17. The van der Waals surface area contributed by atoms with Crippen molar-refractivity contribution in [2.45, 2.75) is 13.3 Å². The SMILES string of the molecule is Cc1ccc(C=CCCS)cc1O. The topological polar surface area (TPSA) is 20.2 Å². The minimum absolute atomic E-state index is 0.355. The van der Waals surface area contributed by atoms with Gasteiger partial charge in [0.1, 0.15) is 5.75 Å². The number of thiol groups is 1. The second-order valence-corrected chi connectivity index (χ2v) is 3.41. The van der Waals surface area contributed by atoms with E-state index in [2.05, 4.69) is 18.7 Å². The molecule has 0 amide bonds. The maximum absolute atomic E-state index is 9.41. The molecule has 2 heteroatoms. The van der Waals surface area contributed by atoms with Gasteiger partial charge in [0.15, 0.2) is 0 Å². The Morgan fingerprint density at radius 1 is 1.46 bits per heavy atom. The van der Waals surface area contributed by atoms with Gasteiger partial charge in [-0.2, -0.15) is 12.6 Å². The van der Waals surface area contributed by atoms with Crippen LogP contribution in [0, 0.1) is 6.92 Å². The number of rotatable bonds is 3. The van der Waals surface area contributed by atoms with Gasteiger partial charge in [0.25, 0.3) is 0 Å². The number of phenolic OH excluding ortho intramolecular Hbond substituents is 1.